The van der Waals surface area contributed by atoms with Gasteiger partial charge in [-0.1, -0.05) is 13.0 Å². The van der Waals surface area contributed by atoms with Crippen LogP contribution in [0.5, 0.6) is 0 Å². The summed E-state index contributed by atoms with van der Waals surface area (Å²) in [6, 6.07) is 10.9. The second-order valence-corrected chi connectivity index (χ2v) is 6.18. The van der Waals surface area contributed by atoms with Crippen LogP contribution in [0.2, 0.25) is 0 Å². The third-order valence-corrected chi connectivity index (χ3v) is 4.18. The first-order chi connectivity index (χ1) is 11.1. The molecule has 1 aromatic heterocycles. The number of hydrogen-bond acceptors (Lipinski definition) is 3. The first kappa shape index (κ1) is 17.0. The molecule has 0 aliphatic carbocycles. The summed E-state index contributed by atoms with van der Waals surface area (Å²) in [5, 5.41) is 7.63. The maximum absolute atomic E-state index is 12.0. The van der Waals surface area contributed by atoms with E-state index in [4.69, 9.17) is 0 Å². The summed E-state index contributed by atoms with van der Waals surface area (Å²) in [6.45, 7) is 3.99. The molecule has 0 spiro atoms. The minimum Gasteiger partial charge on any atom is -0.350 e. The van der Waals surface area contributed by atoms with E-state index in [0.29, 0.717) is 11.3 Å². The van der Waals surface area contributed by atoms with Crippen LogP contribution in [0.4, 0.5) is 5.69 Å². The van der Waals surface area contributed by atoms with E-state index in [9.17, 15) is 9.59 Å². The SMILES string of the molecule is CCC(C)NC(=O)c1ccc(NC(=O)/C=C/c2cccs2)cc1. The Bertz CT molecular complexity index is 676. The Balaban J connectivity index is 1.92. The highest BCUT2D eigenvalue weighted by Gasteiger charge is 2.08. The highest BCUT2D eigenvalue weighted by molar-refractivity contribution is 7.10. The molecule has 0 aliphatic rings. The quantitative estimate of drug-likeness (QED) is 0.789. The third kappa shape index (κ3) is 5.38. The molecule has 0 saturated heterocycles. The Morgan fingerprint density at radius 2 is 1.96 bits per heavy atom. The highest BCUT2D eigenvalue weighted by atomic mass is 32.1. The second kappa shape index (κ2) is 8.29. The largest absolute Gasteiger partial charge is 0.350 e. The van der Waals surface area contributed by atoms with E-state index in [2.05, 4.69) is 10.6 Å². The van der Waals surface area contributed by atoms with Gasteiger partial charge in [0.2, 0.25) is 5.91 Å². The molecule has 1 aromatic carbocycles. The van der Waals surface area contributed by atoms with Gasteiger partial charge < -0.3 is 10.6 Å². The summed E-state index contributed by atoms with van der Waals surface area (Å²) in [5.74, 6) is -0.301. The van der Waals surface area contributed by atoms with Crippen molar-refractivity contribution < 1.29 is 9.59 Å². The van der Waals surface area contributed by atoms with Crippen molar-refractivity contribution in [3.05, 3.63) is 58.3 Å². The van der Waals surface area contributed by atoms with Crippen LogP contribution in [0.25, 0.3) is 6.08 Å². The van der Waals surface area contributed by atoms with E-state index in [1.807, 2.05) is 31.4 Å². The fourth-order valence-corrected chi connectivity index (χ4v) is 2.46. The Labute approximate surface area is 140 Å². The summed E-state index contributed by atoms with van der Waals surface area (Å²) in [7, 11) is 0. The van der Waals surface area contributed by atoms with Crippen LogP contribution >= 0.6 is 11.3 Å². The zero-order chi connectivity index (χ0) is 16.7. The molecule has 1 atom stereocenters. The molecule has 1 unspecified atom stereocenters. The number of carbonyl (C=O) groups is 2. The van der Waals surface area contributed by atoms with Crippen LogP contribution in [0.3, 0.4) is 0 Å². The van der Waals surface area contributed by atoms with Crippen molar-refractivity contribution >= 4 is 34.9 Å². The maximum Gasteiger partial charge on any atom is 0.251 e. The molecule has 2 rings (SSSR count). The summed E-state index contributed by atoms with van der Waals surface area (Å²) < 4.78 is 0. The minimum atomic E-state index is -0.199. The summed E-state index contributed by atoms with van der Waals surface area (Å²) in [4.78, 5) is 24.8. The molecule has 120 valence electrons. The fourth-order valence-electron chi connectivity index (χ4n) is 1.84. The van der Waals surface area contributed by atoms with Crippen molar-refractivity contribution in [1.29, 1.82) is 0 Å². The van der Waals surface area contributed by atoms with E-state index in [1.165, 1.54) is 6.08 Å². The molecule has 0 saturated carbocycles. The van der Waals surface area contributed by atoms with Gasteiger partial charge in [0.25, 0.3) is 5.91 Å². The molecule has 0 radical (unpaired) electrons. The molecule has 4 nitrogen and oxygen atoms in total. The molecule has 2 amide bonds. The molecular formula is C18H20N2O2S. The molecule has 5 heteroatoms. The van der Waals surface area contributed by atoms with Crippen LogP contribution in [0, 0.1) is 0 Å². The van der Waals surface area contributed by atoms with Gasteiger partial charge in [-0.2, -0.15) is 0 Å². The third-order valence-electron chi connectivity index (χ3n) is 3.35. The van der Waals surface area contributed by atoms with Crippen molar-refractivity contribution in [2.24, 2.45) is 0 Å². The van der Waals surface area contributed by atoms with Gasteiger partial charge in [0, 0.05) is 28.2 Å². The van der Waals surface area contributed by atoms with E-state index in [1.54, 1.807) is 41.7 Å². The summed E-state index contributed by atoms with van der Waals surface area (Å²) in [6.07, 6.45) is 4.15. The molecule has 0 bridgehead atoms. The lowest BCUT2D eigenvalue weighted by Crippen LogP contribution is -2.31. The van der Waals surface area contributed by atoms with Gasteiger partial charge >= 0.3 is 0 Å². The van der Waals surface area contributed by atoms with Gasteiger partial charge in [0.05, 0.1) is 0 Å². The maximum atomic E-state index is 12.0. The number of benzene rings is 1. The van der Waals surface area contributed by atoms with Crippen LogP contribution in [0.15, 0.2) is 47.9 Å². The van der Waals surface area contributed by atoms with Crippen LogP contribution < -0.4 is 10.6 Å². The smallest absolute Gasteiger partial charge is 0.251 e. The normalized spacial score (nSPS) is 12.1. The first-order valence-electron chi connectivity index (χ1n) is 7.52. The topological polar surface area (TPSA) is 58.2 Å². The lowest BCUT2D eigenvalue weighted by Gasteiger charge is -2.11. The van der Waals surface area contributed by atoms with Crippen LogP contribution in [-0.4, -0.2) is 17.9 Å². The lowest BCUT2D eigenvalue weighted by molar-refractivity contribution is -0.111. The molecule has 1 heterocycles. The van der Waals surface area contributed by atoms with Crippen molar-refractivity contribution in [3.63, 3.8) is 0 Å². The van der Waals surface area contributed by atoms with Crippen molar-refractivity contribution in [3.8, 4) is 0 Å². The van der Waals surface area contributed by atoms with E-state index in [-0.39, 0.29) is 17.9 Å². The Morgan fingerprint density at radius 1 is 1.22 bits per heavy atom. The second-order valence-electron chi connectivity index (χ2n) is 5.20. The zero-order valence-electron chi connectivity index (χ0n) is 13.2. The molecule has 2 aromatic rings. The monoisotopic (exact) mass is 328 g/mol. The Kier molecular flexibility index (Phi) is 6.11. The van der Waals surface area contributed by atoms with E-state index < -0.39 is 0 Å². The fraction of sp³-hybridized carbons (Fsp3) is 0.222. The Hall–Kier alpha value is -2.40. The summed E-state index contributed by atoms with van der Waals surface area (Å²) >= 11 is 1.57. The predicted octanol–water partition coefficient (Wildman–Crippen LogP) is 3.93. The van der Waals surface area contributed by atoms with Crippen molar-refractivity contribution in [2.75, 3.05) is 5.32 Å². The van der Waals surface area contributed by atoms with Gasteiger partial charge in [-0.05, 0) is 55.1 Å². The first-order valence-corrected chi connectivity index (χ1v) is 8.40. The molecule has 23 heavy (non-hydrogen) atoms. The highest BCUT2D eigenvalue weighted by Crippen LogP contribution is 2.12. The number of hydrogen-bond donors (Lipinski definition) is 2. The number of amides is 2. The number of thiophene rings is 1. The van der Waals surface area contributed by atoms with Gasteiger partial charge in [-0.3, -0.25) is 9.59 Å². The van der Waals surface area contributed by atoms with Crippen LogP contribution in [-0.2, 0) is 4.79 Å². The van der Waals surface area contributed by atoms with E-state index in [0.717, 1.165) is 11.3 Å². The molecule has 0 fully saturated rings. The van der Waals surface area contributed by atoms with Gasteiger partial charge in [0.15, 0.2) is 0 Å². The lowest BCUT2D eigenvalue weighted by atomic mass is 10.1. The standard InChI is InChI=1S/C18H20N2O2S/c1-3-13(2)19-18(22)14-6-8-15(9-7-14)20-17(21)11-10-16-5-4-12-23-16/h4-13H,3H2,1-2H3,(H,19,22)(H,20,21)/b11-10+. The molecular weight excluding hydrogens is 308 g/mol. The number of carbonyl (C=O) groups excluding carboxylic acids is 2. The minimum absolute atomic E-state index is 0.102. The van der Waals surface area contributed by atoms with Gasteiger partial charge in [-0.25, -0.2) is 0 Å². The molecule has 2 N–H and O–H groups in total. The zero-order valence-corrected chi connectivity index (χ0v) is 14.0. The number of rotatable bonds is 6. The van der Waals surface area contributed by atoms with Crippen LogP contribution in [0.1, 0.15) is 35.5 Å². The average Bonchev–Trinajstić information content (AvgIpc) is 3.07. The number of anilines is 1. The van der Waals surface area contributed by atoms with Crippen molar-refractivity contribution in [2.45, 2.75) is 26.3 Å². The number of nitrogens with one attached hydrogen (secondary N) is 2. The average molecular weight is 328 g/mol. The van der Waals surface area contributed by atoms with E-state index >= 15 is 0 Å². The summed E-state index contributed by atoms with van der Waals surface area (Å²) in [5.41, 5.74) is 1.24. The van der Waals surface area contributed by atoms with Crippen molar-refractivity contribution in [1.82, 2.24) is 5.32 Å². The van der Waals surface area contributed by atoms with Gasteiger partial charge in [-0.15, -0.1) is 11.3 Å². The Morgan fingerprint density at radius 3 is 2.57 bits per heavy atom. The predicted molar refractivity (Wildman–Crippen MR) is 95.6 cm³/mol. The van der Waals surface area contributed by atoms with Gasteiger partial charge in [0.1, 0.15) is 0 Å². The molecule has 0 aliphatic heterocycles.